The number of alkyl halides is 3. The van der Waals surface area contributed by atoms with Crippen LogP contribution in [0.25, 0.3) is 0 Å². The molecule has 10 heteroatoms. The van der Waals surface area contributed by atoms with Gasteiger partial charge in [-0.05, 0) is 71.3 Å². The molecule has 6 nitrogen and oxygen atoms in total. The van der Waals surface area contributed by atoms with Gasteiger partial charge in [0.2, 0.25) is 0 Å². The molecule has 0 unspecified atom stereocenters. The van der Waals surface area contributed by atoms with Crippen LogP contribution in [0.4, 0.5) is 13.2 Å². The molecule has 2 aromatic carbocycles. The molecular formula is C22H22F3IN4O2. The standard InChI is InChI=1S/C22H22F3IN4O2/c23-22(24,25)16-9-14(10-17(26)11-16)13-32-18-7-4-8-30(12-19-27-21(31)29-28-19)20(18)15-5-2-1-3-6-15/h1-3,5-6,9-11,18,20H,4,7-8,12-13H2,(H2,27,28,29,31)/t18-,20-/m0/s1. The predicted octanol–water partition coefficient (Wildman–Crippen LogP) is 4.64. The molecule has 1 saturated heterocycles. The minimum atomic E-state index is -4.40. The molecule has 4 rings (SSSR count). The van der Waals surface area contributed by atoms with Gasteiger partial charge in [0.15, 0.2) is 0 Å². The van der Waals surface area contributed by atoms with Gasteiger partial charge in [-0.3, -0.25) is 9.88 Å². The molecule has 0 radical (unpaired) electrons. The maximum atomic E-state index is 13.2. The second-order valence-electron chi connectivity index (χ2n) is 7.79. The highest BCUT2D eigenvalue weighted by Gasteiger charge is 2.34. The zero-order valence-electron chi connectivity index (χ0n) is 17.0. The zero-order chi connectivity index (χ0) is 22.7. The highest BCUT2D eigenvalue weighted by Crippen LogP contribution is 2.35. The van der Waals surface area contributed by atoms with Crippen molar-refractivity contribution in [1.29, 1.82) is 0 Å². The van der Waals surface area contributed by atoms with Crippen molar-refractivity contribution in [3.05, 3.63) is 85.1 Å². The number of aromatic nitrogens is 3. The SMILES string of the molecule is O=c1[nH]nc(CN2CCC[C@H](OCc3cc(I)cc(C(F)(F)F)c3)[C@@H]2c2ccccc2)[nH]1. The molecule has 0 spiro atoms. The molecule has 0 aliphatic carbocycles. The van der Waals surface area contributed by atoms with Crippen LogP contribution in [0.1, 0.15) is 41.4 Å². The molecule has 1 fully saturated rings. The number of nitrogens with zero attached hydrogens (tertiary/aromatic N) is 2. The van der Waals surface area contributed by atoms with Crippen LogP contribution in [0.2, 0.25) is 0 Å². The van der Waals surface area contributed by atoms with E-state index in [-0.39, 0.29) is 24.4 Å². The first kappa shape index (κ1) is 23.0. The fourth-order valence-electron chi connectivity index (χ4n) is 4.13. The number of halogens is 4. The van der Waals surface area contributed by atoms with Crippen molar-refractivity contribution < 1.29 is 17.9 Å². The summed E-state index contributed by atoms with van der Waals surface area (Å²) in [5.41, 5.74) is 0.508. The number of aromatic amines is 2. The number of rotatable bonds is 6. The smallest absolute Gasteiger partial charge is 0.372 e. The Labute approximate surface area is 196 Å². The molecule has 1 aromatic heterocycles. The molecule has 1 aliphatic rings. The Morgan fingerprint density at radius 1 is 1.19 bits per heavy atom. The summed E-state index contributed by atoms with van der Waals surface area (Å²) >= 11 is 1.89. The van der Waals surface area contributed by atoms with E-state index in [0.29, 0.717) is 21.5 Å². The van der Waals surface area contributed by atoms with Gasteiger partial charge in [0, 0.05) is 3.57 Å². The summed E-state index contributed by atoms with van der Waals surface area (Å²) in [5, 5.41) is 6.40. The van der Waals surface area contributed by atoms with Crippen molar-refractivity contribution in [2.45, 2.75) is 44.3 Å². The van der Waals surface area contributed by atoms with E-state index < -0.39 is 11.7 Å². The summed E-state index contributed by atoms with van der Waals surface area (Å²) in [6, 6.07) is 13.7. The summed E-state index contributed by atoms with van der Waals surface area (Å²) in [6.07, 6.45) is -2.97. The first-order chi connectivity index (χ1) is 15.3. The summed E-state index contributed by atoms with van der Waals surface area (Å²) in [7, 11) is 0. The lowest BCUT2D eigenvalue weighted by Crippen LogP contribution is -2.42. The van der Waals surface area contributed by atoms with Crippen molar-refractivity contribution >= 4 is 22.6 Å². The minimum Gasteiger partial charge on any atom is -0.372 e. The van der Waals surface area contributed by atoms with Crippen molar-refractivity contribution in [2.75, 3.05) is 6.54 Å². The Morgan fingerprint density at radius 2 is 1.97 bits per heavy atom. The number of benzene rings is 2. The van der Waals surface area contributed by atoms with Crippen LogP contribution in [-0.2, 0) is 24.1 Å². The van der Waals surface area contributed by atoms with E-state index in [1.165, 1.54) is 0 Å². The first-order valence-electron chi connectivity index (χ1n) is 10.2. The Kier molecular flexibility index (Phi) is 7.01. The van der Waals surface area contributed by atoms with Crippen LogP contribution in [0.15, 0.2) is 53.3 Å². The number of hydrogen-bond donors (Lipinski definition) is 2. The van der Waals surface area contributed by atoms with Crippen LogP contribution < -0.4 is 5.69 Å². The average molecular weight is 558 g/mol. The normalized spacial score (nSPS) is 19.9. The van der Waals surface area contributed by atoms with Gasteiger partial charge in [-0.1, -0.05) is 30.3 Å². The summed E-state index contributed by atoms with van der Waals surface area (Å²) in [4.78, 5) is 16.3. The van der Waals surface area contributed by atoms with E-state index in [1.54, 1.807) is 6.07 Å². The summed E-state index contributed by atoms with van der Waals surface area (Å²) in [6.45, 7) is 1.30. The Hall–Kier alpha value is -2.18. The van der Waals surface area contributed by atoms with Gasteiger partial charge in [0.1, 0.15) is 5.82 Å². The Balaban J connectivity index is 1.56. The van der Waals surface area contributed by atoms with Crippen molar-refractivity contribution in [2.24, 2.45) is 0 Å². The zero-order valence-corrected chi connectivity index (χ0v) is 19.2. The van der Waals surface area contributed by atoms with Gasteiger partial charge < -0.3 is 4.74 Å². The summed E-state index contributed by atoms with van der Waals surface area (Å²) in [5.74, 6) is 0.531. The lowest BCUT2D eigenvalue weighted by molar-refractivity contribution is -0.137. The topological polar surface area (TPSA) is 74.0 Å². The fraction of sp³-hybridized carbons (Fsp3) is 0.364. The van der Waals surface area contributed by atoms with E-state index in [9.17, 15) is 18.0 Å². The van der Waals surface area contributed by atoms with E-state index in [0.717, 1.165) is 37.1 Å². The molecule has 2 N–H and O–H groups in total. The lowest BCUT2D eigenvalue weighted by atomic mass is 9.92. The lowest BCUT2D eigenvalue weighted by Gasteiger charge is -2.41. The van der Waals surface area contributed by atoms with Crippen molar-refractivity contribution in [3.63, 3.8) is 0 Å². The number of likely N-dealkylation sites (tertiary alicyclic amines) is 1. The van der Waals surface area contributed by atoms with Gasteiger partial charge in [-0.25, -0.2) is 9.89 Å². The van der Waals surface area contributed by atoms with Crippen LogP contribution >= 0.6 is 22.6 Å². The number of H-pyrrole nitrogens is 2. The van der Waals surface area contributed by atoms with Crippen LogP contribution in [-0.4, -0.2) is 32.7 Å². The Morgan fingerprint density at radius 3 is 2.66 bits per heavy atom. The summed E-state index contributed by atoms with van der Waals surface area (Å²) < 4.78 is 46.3. The molecule has 2 atom stereocenters. The van der Waals surface area contributed by atoms with Crippen molar-refractivity contribution in [3.8, 4) is 0 Å². The average Bonchev–Trinajstić information content (AvgIpc) is 3.16. The molecule has 1 aliphatic heterocycles. The quantitative estimate of drug-likeness (QED) is 0.433. The number of ether oxygens (including phenoxy) is 1. The van der Waals surface area contributed by atoms with Crippen LogP contribution in [0.5, 0.6) is 0 Å². The highest BCUT2D eigenvalue weighted by atomic mass is 127. The third kappa shape index (κ3) is 5.59. The molecule has 2 heterocycles. The van der Waals surface area contributed by atoms with Gasteiger partial charge in [-0.2, -0.15) is 18.3 Å². The first-order valence-corrected chi connectivity index (χ1v) is 11.3. The largest absolute Gasteiger partial charge is 0.416 e. The fourth-order valence-corrected chi connectivity index (χ4v) is 4.86. The second-order valence-corrected chi connectivity index (χ2v) is 9.03. The maximum Gasteiger partial charge on any atom is 0.416 e. The molecule has 3 aromatic rings. The van der Waals surface area contributed by atoms with E-state index in [1.807, 2.05) is 52.9 Å². The van der Waals surface area contributed by atoms with Gasteiger partial charge in [0.25, 0.3) is 0 Å². The molecule has 170 valence electrons. The molecular weight excluding hydrogens is 536 g/mol. The second kappa shape index (κ2) is 9.75. The van der Waals surface area contributed by atoms with Crippen molar-refractivity contribution in [1.82, 2.24) is 20.1 Å². The van der Waals surface area contributed by atoms with E-state index in [4.69, 9.17) is 4.74 Å². The Bertz CT molecular complexity index is 1100. The predicted molar refractivity (Wildman–Crippen MR) is 121 cm³/mol. The molecule has 32 heavy (non-hydrogen) atoms. The monoisotopic (exact) mass is 558 g/mol. The minimum absolute atomic E-state index is 0.0843. The van der Waals surface area contributed by atoms with E-state index >= 15 is 0 Å². The molecule has 0 saturated carbocycles. The van der Waals surface area contributed by atoms with Gasteiger partial charge in [-0.15, -0.1) is 0 Å². The van der Waals surface area contributed by atoms with Gasteiger partial charge in [0.05, 0.1) is 30.9 Å². The highest BCUT2D eigenvalue weighted by molar-refractivity contribution is 14.1. The van der Waals surface area contributed by atoms with Crippen LogP contribution in [0.3, 0.4) is 0 Å². The van der Waals surface area contributed by atoms with Gasteiger partial charge >= 0.3 is 11.9 Å². The number of hydrogen-bond acceptors (Lipinski definition) is 4. The molecule has 0 amide bonds. The third-order valence-electron chi connectivity index (χ3n) is 5.47. The molecule has 0 bridgehead atoms. The van der Waals surface area contributed by atoms with E-state index in [2.05, 4.69) is 20.1 Å². The maximum absolute atomic E-state index is 13.2. The number of nitrogens with one attached hydrogen (secondary N) is 2. The number of piperidine rings is 1. The van der Waals surface area contributed by atoms with Crippen LogP contribution in [0, 0.1) is 3.57 Å². The third-order valence-corrected chi connectivity index (χ3v) is 6.10.